The molecule has 2 aromatic heterocycles. The van der Waals surface area contributed by atoms with E-state index in [1.165, 1.54) is 10.1 Å². The Hall–Kier alpha value is -3.98. The maximum atomic E-state index is 13.0. The number of aryl methyl sites for hydroxylation is 3. The first kappa shape index (κ1) is 20.9. The third kappa shape index (κ3) is 3.76. The zero-order valence-electron chi connectivity index (χ0n) is 19.1. The van der Waals surface area contributed by atoms with Crippen LogP contribution >= 0.6 is 0 Å². The summed E-state index contributed by atoms with van der Waals surface area (Å²) < 4.78 is 1.38. The van der Waals surface area contributed by atoms with E-state index in [2.05, 4.69) is 43.6 Å². The minimum Gasteiger partial charge on any atom is -0.372 e. The van der Waals surface area contributed by atoms with Gasteiger partial charge < -0.3 is 10.6 Å². The Kier molecular flexibility index (Phi) is 4.98. The van der Waals surface area contributed by atoms with Crippen LogP contribution in [0.25, 0.3) is 16.7 Å². The highest BCUT2D eigenvalue weighted by atomic mass is 16.1. The molecule has 0 saturated carbocycles. The molecule has 1 aliphatic rings. The monoisotopic (exact) mass is 442 g/mol. The highest BCUT2D eigenvalue weighted by Gasteiger charge is 2.15. The topological polar surface area (TPSA) is 115 Å². The molecule has 0 amide bonds. The molecule has 0 spiro atoms. The fourth-order valence-corrected chi connectivity index (χ4v) is 4.50. The third-order valence-electron chi connectivity index (χ3n) is 5.90. The minimum atomic E-state index is -0.407. The van der Waals surface area contributed by atoms with Gasteiger partial charge in [-0.25, -0.2) is 14.3 Å². The standard InChI is InChI=1S/C24H26N8O/c1-13-7-14(2)20(15(3)8-13)32-21(25)18-10-26-23(29-22(18)30-24(32)33)28-17-5-6-19-16(9-17)11-31(4)12-27-19/h5-10,25,27H,11-12H2,1-4H3,(H2,26,28,29,30,33). The number of fused-ring (bicyclic) bond motifs is 2. The van der Waals surface area contributed by atoms with Crippen LogP contribution in [0.2, 0.25) is 0 Å². The lowest BCUT2D eigenvalue weighted by atomic mass is 10.0. The molecule has 0 saturated heterocycles. The summed E-state index contributed by atoms with van der Waals surface area (Å²) in [4.78, 5) is 26.9. The molecule has 9 heteroatoms. The van der Waals surface area contributed by atoms with Crippen molar-refractivity contribution in [2.24, 2.45) is 0 Å². The summed E-state index contributed by atoms with van der Waals surface area (Å²) >= 11 is 0. The third-order valence-corrected chi connectivity index (χ3v) is 5.90. The van der Waals surface area contributed by atoms with Crippen LogP contribution < -0.4 is 21.8 Å². The molecule has 2 aromatic carbocycles. The van der Waals surface area contributed by atoms with Gasteiger partial charge in [-0.2, -0.15) is 4.98 Å². The van der Waals surface area contributed by atoms with Gasteiger partial charge in [-0.15, -0.1) is 0 Å². The van der Waals surface area contributed by atoms with Crippen LogP contribution in [-0.2, 0) is 6.54 Å². The molecule has 0 radical (unpaired) electrons. The van der Waals surface area contributed by atoms with E-state index in [0.29, 0.717) is 22.7 Å². The Morgan fingerprint density at radius 1 is 1.12 bits per heavy atom. The highest BCUT2D eigenvalue weighted by molar-refractivity contribution is 5.74. The average molecular weight is 443 g/mol. The Labute approximate surface area is 190 Å². The van der Waals surface area contributed by atoms with Crippen molar-refractivity contribution < 1.29 is 0 Å². The Morgan fingerprint density at radius 2 is 1.88 bits per heavy atom. The van der Waals surface area contributed by atoms with Gasteiger partial charge in [0.25, 0.3) is 0 Å². The molecule has 33 heavy (non-hydrogen) atoms. The molecule has 4 aromatic rings. The number of anilines is 3. The van der Waals surface area contributed by atoms with Gasteiger partial charge in [0.15, 0.2) is 5.65 Å². The van der Waals surface area contributed by atoms with Gasteiger partial charge in [-0.3, -0.25) is 15.3 Å². The molecular weight excluding hydrogens is 416 g/mol. The molecule has 5 rings (SSSR count). The molecule has 3 heterocycles. The second-order valence-corrected chi connectivity index (χ2v) is 8.66. The maximum absolute atomic E-state index is 13.0. The number of H-pyrrole nitrogens is 1. The summed E-state index contributed by atoms with van der Waals surface area (Å²) in [5.41, 5.74) is 6.81. The van der Waals surface area contributed by atoms with Crippen LogP contribution in [0.1, 0.15) is 22.3 Å². The van der Waals surface area contributed by atoms with Gasteiger partial charge in [0.05, 0.1) is 17.7 Å². The zero-order valence-corrected chi connectivity index (χ0v) is 19.1. The summed E-state index contributed by atoms with van der Waals surface area (Å²) in [6.45, 7) is 7.57. The number of nitrogens with zero attached hydrogens (tertiary/aromatic N) is 4. The molecule has 0 fully saturated rings. The second-order valence-electron chi connectivity index (χ2n) is 8.66. The molecule has 0 bridgehead atoms. The fourth-order valence-electron chi connectivity index (χ4n) is 4.50. The molecule has 1 aliphatic heterocycles. The van der Waals surface area contributed by atoms with E-state index in [0.717, 1.165) is 41.3 Å². The lowest BCUT2D eigenvalue weighted by Gasteiger charge is -2.26. The Balaban J connectivity index is 1.54. The van der Waals surface area contributed by atoms with Crippen molar-refractivity contribution in [1.82, 2.24) is 24.4 Å². The van der Waals surface area contributed by atoms with Crippen molar-refractivity contribution in [3.8, 4) is 5.69 Å². The molecule has 0 atom stereocenters. The summed E-state index contributed by atoms with van der Waals surface area (Å²) in [5, 5.41) is 15.8. The lowest BCUT2D eigenvalue weighted by Crippen LogP contribution is -2.35. The maximum Gasteiger partial charge on any atom is 0.333 e. The van der Waals surface area contributed by atoms with E-state index in [-0.39, 0.29) is 5.49 Å². The van der Waals surface area contributed by atoms with Gasteiger partial charge in [0.2, 0.25) is 5.95 Å². The van der Waals surface area contributed by atoms with Crippen molar-refractivity contribution >= 4 is 28.4 Å². The predicted octanol–water partition coefficient (Wildman–Crippen LogP) is 3.07. The van der Waals surface area contributed by atoms with Gasteiger partial charge in [-0.05, 0) is 62.7 Å². The normalized spacial score (nSPS) is 13.6. The molecule has 168 valence electrons. The first-order chi connectivity index (χ1) is 15.8. The van der Waals surface area contributed by atoms with E-state index in [4.69, 9.17) is 5.41 Å². The Bertz CT molecular complexity index is 1490. The highest BCUT2D eigenvalue weighted by Crippen LogP contribution is 2.26. The molecule has 9 nitrogen and oxygen atoms in total. The van der Waals surface area contributed by atoms with Crippen LogP contribution in [-0.4, -0.2) is 38.1 Å². The number of aromatic amines is 1. The van der Waals surface area contributed by atoms with E-state index < -0.39 is 5.69 Å². The summed E-state index contributed by atoms with van der Waals surface area (Å²) in [5.74, 6) is 0.357. The summed E-state index contributed by atoms with van der Waals surface area (Å²) in [6.07, 6.45) is 1.58. The van der Waals surface area contributed by atoms with Crippen molar-refractivity contribution in [2.45, 2.75) is 27.3 Å². The van der Waals surface area contributed by atoms with E-state index >= 15 is 0 Å². The molecular formula is C24H26N8O. The first-order valence-electron chi connectivity index (χ1n) is 10.8. The first-order valence-corrected chi connectivity index (χ1v) is 10.8. The lowest BCUT2D eigenvalue weighted by molar-refractivity contribution is 0.340. The number of hydrogen-bond acceptors (Lipinski definition) is 7. The van der Waals surface area contributed by atoms with Gasteiger partial charge in [0.1, 0.15) is 5.49 Å². The van der Waals surface area contributed by atoms with Crippen molar-refractivity contribution in [2.75, 3.05) is 24.3 Å². The predicted molar refractivity (Wildman–Crippen MR) is 129 cm³/mol. The van der Waals surface area contributed by atoms with Crippen LogP contribution in [0.3, 0.4) is 0 Å². The number of aromatic nitrogens is 4. The van der Waals surface area contributed by atoms with Crippen LogP contribution in [0, 0.1) is 26.2 Å². The quantitative estimate of drug-likeness (QED) is 0.388. The number of nitrogens with one attached hydrogen (secondary N) is 4. The minimum absolute atomic E-state index is 0.0539. The van der Waals surface area contributed by atoms with Crippen LogP contribution in [0.4, 0.5) is 17.3 Å². The number of hydrogen-bond donors (Lipinski definition) is 4. The number of rotatable bonds is 3. The van der Waals surface area contributed by atoms with Crippen molar-refractivity contribution in [3.05, 3.63) is 74.8 Å². The molecule has 0 unspecified atom stereocenters. The Morgan fingerprint density at radius 3 is 2.64 bits per heavy atom. The van der Waals surface area contributed by atoms with Gasteiger partial charge in [0, 0.05) is 24.1 Å². The van der Waals surface area contributed by atoms with Crippen LogP contribution in [0.15, 0.2) is 41.3 Å². The summed E-state index contributed by atoms with van der Waals surface area (Å²) in [6, 6.07) is 10.1. The van der Waals surface area contributed by atoms with Crippen molar-refractivity contribution in [1.29, 1.82) is 5.41 Å². The van der Waals surface area contributed by atoms with Gasteiger partial charge in [-0.1, -0.05) is 17.7 Å². The smallest absolute Gasteiger partial charge is 0.333 e. The fraction of sp³-hybridized carbons (Fsp3) is 0.250. The number of benzene rings is 2. The molecule has 4 N–H and O–H groups in total. The zero-order chi connectivity index (χ0) is 23.3. The van der Waals surface area contributed by atoms with E-state index in [1.807, 2.05) is 45.0 Å². The second kappa shape index (κ2) is 7.86. The van der Waals surface area contributed by atoms with Crippen LogP contribution in [0.5, 0.6) is 0 Å². The van der Waals surface area contributed by atoms with Crippen molar-refractivity contribution in [3.63, 3.8) is 0 Å². The molecule has 0 aliphatic carbocycles. The van der Waals surface area contributed by atoms with Gasteiger partial charge >= 0.3 is 5.69 Å². The largest absolute Gasteiger partial charge is 0.372 e. The average Bonchev–Trinajstić information content (AvgIpc) is 2.75. The SMILES string of the molecule is Cc1cc(C)c(-n2c(=O)[nH]c3nc(Nc4ccc5c(c4)CN(C)CN5)ncc3c2=N)c(C)c1. The van der Waals surface area contributed by atoms with E-state index in [9.17, 15) is 4.79 Å². The summed E-state index contributed by atoms with van der Waals surface area (Å²) in [7, 11) is 2.06. The van der Waals surface area contributed by atoms with E-state index in [1.54, 1.807) is 6.20 Å².